The van der Waals surface area contributed by atoms with Crippen LogP contribution in [0.5, 0.6) is 0 Å². The lowest BCUT2D eigenvalue weighted by atomic mass is 10.1. The molecule has 0 radical (unpaired) electrons. The number of aryl methyl sites for hydroxylation is 1. The van der Waals surface area contributed by atoms with Gasteiger partial charge in [0.25, 0.3) is 0 Å². The Morgan fingerprint density at radius 1 is 1.34 bits per heavy atom. The van der Waals surface area contributed by atoms with Gasteiger partial charge in [-0.05, 0) is 36.8 Å². The van der Waals surface area contributed by atoms with Crippen molar-refractivity contribution in [2.75, 3.05) is 0 Å². The minimum atomic E-state index is -0.809. The number of aromatic nitrogens is 6. The SMILES string of the molecule is Cc1cc2cn[nH]c2c2c(=O)oc(-c3cc(CF)nn3-c3ncccc3Cl)nc12. The third kappa shape index (κ3) is 2.70. The summed E-state index contributed by atoms with van der Waals surface area (Å²) in [6.07, 6.45) is 3.16. The Morgan fingerprint density at radius 2 is 2.21 bits per heavy atom. The summed E-state index contributed by atoms with van der Waals surface area (Å²) in [6, 6.07) is 6.62. The molecule has 10 heteroatoms. The van der Waals surface area contributed by atoms with Gasteiger partial charge in [-0.1, -0.05) is 11.6 Å². The Bertz CT molecular complexity index is 1450. The zero-order valence-corrected chi connectivity index (χ0v) is 15.7. The van der Waals surface area contributed by atoms with E-state index >= 15 is 0 Å². The Balaban J connectivity index is 1.82. The fraction of sp³-hybridized carbons (Fsp3) is 0.105. The standard InChI is InChI=1S/C19H12ClFN6O2/c1-9-5-10-8-23-25-16(10)14-15(9)24-18(29-19(14)28)13-6-11(7-21)26-27(13)17-12(20)3-2-4-22-17/h2-6,8H,7H2,1H3,(H,23,25). The molecule has 0 aliphatic rings. The third-order valence-electron chi connectivity index (χ3n) is 4.56. The number of hydrogen-bond acceptors (Lipinski definition) is 6. The molecule has 0 aliphatic carbocycles. The van der Waals surface area contributed by atoms with Gasteiger partial charge < -0.3 is 4.42 Å². The fourth-order valence-electron chi connectivity index (χ4n) is 3.28. The first-order valence-corrected chi connectivity index (χ1v) is 8.98. The van der Waals surface area contributed by atoms with E-state index in [0.717, 1.165) is 10.9 Å². The van der Waals surface area contributed by atoms with Crippen LogP contribution in [0.1, 0.15) is 11.3 Å². The summed E-state index contributed by atoms with van der Waals surface area (Å²) in [5.74, 6) is 0.257. The molecule has 0 bridgehead atoms. The van der Waals surface area contributed by atoms with Crippen molar-refractivity contribution in [3.05, 3.63) is 63.4 Å². The molecule has 0 saturated carbocycles. The van der Waals surface area contributed by atoms with Crippen molar-refractivity contribution in [2.45, 2.75) is 13.6 Å². The summed E-state index contributed by atoms with van der Waals surface area (Å²) >= 11 is 6.23. The second-order valence-corrected chi connectivity index (χ2v) is 6.84. The minimum absolute atomic E-state index is 0.0154. The number of hydrogen-bond donors (Lipinski definition) is 1. The number of H-pyrrole nitrogens is 1. The zero-order chi connectivity index (χ0) is 20.1. The molecule has 29 heavy (non-hydrogen) atoms. The quantitative estimate of drug-likeness (QED) is 0.486. The highest BCUT2D eigenvalue weighted by Gasteiger charge is 2.21. The smallest absolute Gasteiger partial charge is 0.349 e. The maximum Gasteiger partial charge on any atom is 0.349 e. The van der Waals surface area contributed by atoms with Gasteiger partial charge in [-0.25, -0.2) is 23.8 Å². The number of halogens is 2. The summed E-state index contributed by atoms with van der Waals surface area (Å²) in [5.41, 5.74) is 1.58. The average molecular weight is 411 g/mol. The van der Waals surface area contributed by atoms with Crippen molar-refractivity contribution in [3.8, 4) is 17.4 Å². The van der Waals surface area contributed by atoms with Gasteiger partial charge in [0.05, 0.1) is 27.9 Å². The molecule has 0 amide bonds. The van der Waals surface area contributed by atoms with Crippen molar-refractivity contribution in [1.29, 1.82) is 0 Å². The Hall–Kier alpha value is -3.59. The summed E-state index contributed by atoms with van der Waals surface area (Å²) in [5, 5.41) is 12.4. The lowest BCUT2D eigenvalue weighted by Gasteiger charge is -2.08. The number of nitrogens with one attached hydrogen (secondary N) is 1. The molecule has 1 aromatic carbocycles. The Labute approximate surface area is 167 Å². The molecule has 0 fully saturated rings. The second-order valence-electron chi connectivity index (χ2n) is 6.43. The number of alkyl halides is 1. The maximum absolute atomic E-state index is 13.3. The van der Waals surface area contributed by atoms with Gasteiger partial charge in [-0.2, -0.15) is 10.2 Å². The molecule has 4 aromatic heterocycles. The van der Waals surface area contributed by atoms with Gasteiger partial charge in [-0.15, -0.1) is 0 Å². The van der Waals surface area contributed by atoms with E-state index in [4.69, 9.17) is 16.0 Å². The molecular formula is C19H12ClFN6O2. The number of fused-ring (bicyclic) bond motifs is 3. The van der Waals surface area contributed by atoms with Gasteiger partial charge >= 0.3 is 5.63 Å². The summed E-state index contributed by atoms with van der Waals surface area (Å²) in [4.78, 5) is 21.6. The van der Waals surface area contributed by atoms with Crippen molar-refractivity contribution in [1.82, 2.24) is 29.9 Å². The topological polar surface area (TPSA) is 102 Å². The highest BCUT2D eigenvalue weighted by atomic mass is 35.5. The van der Waals surface area contributed by atoms with Crippen LogP contribution in [0.3, 0.4) is 0 Å². The predicted octanol–water partition coefficient (Wildman–Crippen LogP) is 3.74. The number of pyridine rings is 1. The summed E-state index contributed by atoms with van der Waals surface area (Å²) in [7, 11) is 0. The van der Waals surface area contributed by atoms with E-state index in [0.29, 0.717) is 21.4 Å². The molecule has 5 aromatic rings. The number of rotatable bonds is 3. The van der Waals surface area contributed by atoms with E-state index in [1.165, 1.54) is 16.9 Å². The number of aromatic amines is 1. The molecule has 0 saturated heterocycles. The van der Waals surface area contributed by atoms with Crippen LogP contribution in [-0.2, 0) is 6.67 Å². The van der Waals surface area contributed by atoms with E-state index in [9.17, 15) is 9.18 Å². The van der Waals surface area contributed by atoms with Crippen LogP contribution in [0.25, 0.3) is 39.2 Å². The first-order valence-electron chi connectivity index (χ1n) is 8.60. The summed E-state index contributed by atoms with van der Waals surface area (Å²) in [6.45, 7) is 1.03. The van der Waals surface area contributed by atoms with Crippen LogP contribution in [0.2, 0.25) is 5.02 Å². The van der Waals surface area contributed by atoms with Crippen LogP contribution in [-0.4, -0.2) is 29.9 Å². The van der Waals surface area contributed by atoms with Crippen LogP contribution < -0.4 is 5.63 Å². The first kappa shape index (κ1) is 17.5. The molecule has 4 heterocycles. The molecule has 0 spiro atoms. The Kier molecular flexibility index (Phi) is 3.92. The monoisotopic (exact) mass is 410 g/mol. The highest BCUT2D eigenvalue weighted by molar-refractivity contribution is 6.32. The molecular weight excluding hydrogens is 399 g/mol. The first-order chi connectivity index (χ1) is 14.1. The third-order valence-corrected chi connectivity index (χ3v) is 4.86. The van der Waals surface area contributed by atoms with Gasteiger partial charge in [0.2, 0.25) is 5.89 Å². The zero-order valence-electron chi connectivity index (χ0n) is 15.0. The van der Waals surface area contributed by atoms with Crippen molar-refractivity contribution in [2.24, 2.45) is 0 Å². The van der Waals surface area contributed by atoms with Crippen LogP contribution in [0.4, 0.5) is 4.39 Å². The lowest BCUT2D eigenvalue weighted by molar-refractivity contribution is 0.473. The second kappa shape index (κ2) is 6.49. The fourth-order valence-corrected chi connectivity index (χ4v) is 3.48. The van der Waals surface area contributed by atoms with E-state index in [1.54, 1.807) is 18.3 Å². The molecule has 0 aliphatic heterocycles. The minimum Gasteiger partial charge on any atom is -0.401 e. The summed E-state index contributed by atoms with van der Waals surface area (Å²) < 4.78 is 20.2. The van der Waals surface area contributed by atoms with Crippen LogP contribution >= 0.6 is 11.6 Å². The highest BCUT2D eigenvalue weighted by Crippen LogP contribution is 2.29. The van der Waals surface area contributed by atoms with Crippen molar-refractivity contribution < 1.29 is 8.81 Å². The largest absolute Gasteiger partial charge is 0.401 e. The van der Waals surface area contributed by atoms with Crippen LogP contribution in [0.15, 0.2) is 45.9 Å². The van der Waals surface area contributed by atoms with Crippen molar-refractivity contribution in [3.63, 3.8) is 0 Å². The van der Waals surface area contributed by atoms with E-state index in [2.05, 4.69) is 25.3 Å². The van der Waals surface area contributed by atoms with Crippen molar-refractivity contribution >= 4 is 33.4 Å². The molecule has 0 atom stereocenters. The lowest BCUT2D eigenvalue weighted by Crippen LogP contribution is -2.08. The van der Waals surface area contributed by atoms with E-state index in [1.807, 2.05) is 13.0 Å². The number of nitrogens with zero attached hydrogens (tertiary/aromatic N) is 5. The van der Waals surface area contributed by atoms with E-state index < -0.39 is 12.3 Å². The van der Waals surface area contributed by atoms with E-state index in [-0.39, 0.29) is 23.1 Å². The van der Waals surface area contributed by atoms with Gasteiger partial charge in [-0.3, -0.25) is 5.10 Å². The van der Waals surface area contributed by atoms with Gasteiger partial charge in [0, 0.05) is 11.6 Å². The molecule has 144 valence electrons. The normalized spacial score (nSPS) is 11.6. The molecule has 0 unspecified atom stereocenters. The average Bonchev–Trinajstić information content (AvgIpc) is 3.35. The maximum atomic E-state index is 13.3. The Morgan fingerprint density at radius 3 is 3.00 bits per heavy atom. The molecule has 1 N–H and O–H groups in total. The van der Waals surface area contributed by atoms with Gasteiger partial charge in [0.1, 0.15) is 17.8 Å². The molecule has 8 nitrogen and oxygen atoms in total. The number of benzene rings is 1. The molecule has 5 rings (SSSR count). The predicted molar refractivity (Wildman–Crippen MR) is 105 cm³/mol. The van der Waals surface area contributed by atoms with Gasteiger partial charge in [0.15, 0.2) is 5.82 Å². The van der Waals surface area contributed by atoms with Crippen LogP contribution in [0, 0.1) is 6.92 Å².